The van der Waals surface area contributed by atoms with Crippen molar-refractivity contribution in [2.24, 2.45) is 4.99 Å². The van der Waals surface area contributed by atoms with Crippen LogP contribution in [-0.2, 0) is 21.3 Å². The van der Waals surface area contributed by atoms with Gasteiger partial charge >= 0.3 is 6.02 Å². The van der Waals surface area contributed by atoms with Crippen LogP contribution < -0.4 is 4.74 Å². The molecule has 0 radical (unpaired) electrons. The molecule has 3 aromatic carbocycles. The summed E-state index contributed by atoms with van der Waals surface area (Å²) in [5, 5.41) is 0. The Balaban J connectivity index is 1.87. The molecule has 6 nitrogen and oxygen atoms in total. The minimum atomic E-state index is -3.72. The fourth-order valence-electron chi connectivity index (χ4n) is 4.00. The largest absolute Gasteiger partial charge is 0.497 e. The Bertz CT molecular complexity index is 1390. The summed E-state index contributed by atoms with van der Waals surface area (Å²) in [7, 11) is -2.13. The first-order chi connectivity index (χ1) is 16.8. The van der Waals surface area contributed by atoms with Gasteiger partial charge in [0.05, 0.1) is 25.6 Å². The quantitative estimate of drug-likeness (QED) is 0.446. The van der Waals surface area contributed by atoms with Crippen molar-refractivity contribution in [3.05, 3.63) is 113 Å². The van der Waals surface area contributed by atoms with E-state index in [9.17, 15) is 8.42 Å². The Hall–Kier alpha value is -3.84. The summed E-state index contributed by atoms with van der Waals surface area (Å²) >= 11 is 0. The van der Waals surface area contributed by atoms with E-state index in [1.54, 1.807) is 19.2 Å². The highest BCUT2D eigenvalue weighted by molar-refractivity contribution is 7.88. The molecular weight excluding hydrogens is 460 g/mol. The Morgan fingerprint density at radius 3 is 1.97 bits per heavy atom. The summed E-state index contributed by atoms with van der Waals surface area (Å²) in [6.45, 7) is 3.91. The standard InChI is InChI=1S/C28H28N2O4S/c1-20-26(23-11-7-5-8-12-23)21(2)29-28(34-27(20)24-13-9-6-10-14-24)30(35(4,31)32)19-22-15-17-25(33-3)18-16-22/h5-18H,19H2,1-4H3. The number of methoxy groups -OCH3 is 1. The SMILES string of the molecule is COc1ccc(CN(C2=NC(C)=C(c3ccccc3)C(C)=C(c3ccccc3)O2)S(C)(=O)=O)cc1. The van der Waals surface area contributed by atoms with E-state index in [0.717, 1.165) is 34.1 Å². The lowest BCUT2D eigenvalue weighted by Crippen LogP contribution is -2.37. The first-order valence-electron chi connectivity index (χ1n) is 11.2. The zero-order chi connectivity index (χ0) is 25.0. The van der Waals surface area contributed by atoms with Gasteiger partial charge < -0.3 is 9.47 Å². The summed E-state index contributed by atoms with van der Waals surface area (Å²) in [6.07, 6.45) is 1.16. The van der Waals surface area contributed by atoms with Crippen LogP contribution in [0.2, 0.25) is 0 Å². The Morgan fingerprint density at radius 1 is 0.857 bits per heavy atom. The van der Waals surface area contributed by atoms with Crippen LogP contribution in [0.3, 0.4) is 0 Å². The zero-order valence-electron chi connectivity index (χ0n) is 20.2. The number of nitrogens with zero attached hydrogens (tertiary/aromatic N) is 2. The van der Waals surface area contributed by atoms with Crippen LogP contribution in [0.5, 0.6) is 5.75 Å². The molecule has 0 unspecified atom stereocenters. The average Bonchev–Trinajstić information content (AvgIpc) is 2.98. The number of amidine groups is 1. The number of allylic oxidation sites excluding steroid dienone is 3. The van der Waals surface area contributed by atoms with Gasteiger partial charge in [-0.15, -0.1) is 0 Å². The second kappa shape index (κ2) is 10.2. The number of rotatable bonds is 6. The van der Waals surface area contributed by atoms with Crippen molar-refractivity contribution in [3.63, 3.8) is 0 Å². The summed E-state index contributed by atoms with van der Waals surface area (Å²) in [4.78, 5) is 4.71. The normalized spacial score (nSPS) is 14.2. The molecule has 0 spiro atoms. The van der Waals surface area contributed by atoms with E-state index in [2.05, 4.69) is 0 Å². The van der Waals surface area contributed by atoms with Crippen molar-refractivity contribution in [2.75, 3.05) is 13.4 Å². The van der Waals surface area contributed by atoms with Crippen molar-refractivity contribution in [1.82, 2.24) is 4.31 Å². The molecule has 0 saturated heterocycles. The zero-order valence-corrected chi connectivity index (χ0v) is 21.0. The molecule has 0 saturated carbocycles. The number of sulfonamides is 1. The Labute approximate surface area is 206 Å². The maximum atomic E-state index is 13.0. The van der Waals surface area contributed by atoms with E-state index >= 15 is 0 Å². The van der Waals surface area contributed by atoms with E-state index in [1.165, 1.54) is 4.31 Å². The van der Waals surface area contributed by atoms with Crippen LogP contribution in [0.4, 0.5) is 0 Å². The van der Waals surface area contributed by atoms with Crippen LogP contribution in [0.1, 0.15) is 30.5 Å². The first-order valence-corrected chi connectivity index (χ1v) is 13.0. The van der Waals surface area contributed by atoms with Crippen molar-refractivity contribution in [3.8, 4) is 5.75 Å². The van der Waals surface area contributed by atoms with Gasteiger partial charge in [-0.3, -0.25) is 0 Å². The molecule has 180 valence electrons. The number of hydrogen-bond acceptors (Lipinski definition) is 5. The van der Waals surface area contributed by atoms with Gasteiger partial charge in [0.1, 0.15) is 11.5 Å². The molecule has 1 aliphatic heterocycles. The van der Waals surface area contributed by atoms with Crippen molar-refractivity contribution in [2.45, 2.75) is 20.4 Å². The van der Waals surface area contributed by atoms with Crippen LogP contribution in [0.25, 0.3) is 11.3 Å². The molecule has 0 aliphatic carbocycles. The minimum absolute atomic E-state index is 0.00459. The van der Waals surface area contributed by atoms with E-state index < -0.39 is 10.0 Å². The predicted molar refractivity (Wildman–Crippen MR) is 140 cm³/mol. The number of aliphatic imine (C=N–C) groups is 1. The van der Waals surface area contributed by atoms with Crippen LogP contribution >= 0.6 is 0 Å². The molecule has 4 rings (SSSR count). The number of hydrogen-bond donors (Lipinski definition) is 0. The van der Waals surface area contributed by atoms with E-state index in [-0.39, 0.29) is 12.6 Å². The average molecular weight is 489 g/mol. The van der Waals surface area contributed by atoms with Crippen LogP contribution in [0.15, 0.2) is 101 Å². The molecule has 0 atom stereocenters. The summed E-state index contributed by atoms with van der Waals surface area (Å²) in [5.74, 6) is 1.25. The maximum absolute atomic E-state index is 13.0. The van der Waals surface area contributed by atoms with Gasteiger partial charge in [-0.05, 0) is 37.1 Å². The van der Waals surface area contributed by atoms with E-state index in [1.807, 2.05) is 86.6 Å². The van der Waals surface area contributed by atoms with Crippen molar-refractivity contribution < 1.29 is 17.9 Å². The molecule has 0 aromatic heterocycles. The number of benzene rings is 3. The second-order valence-corrected chi connectivity index (χ2v) is 10.2. The Morgan fingerprint density at radius 2 is 1.43 bits per heavy atom. The fraction of sp³-hybridized carbons (Fsp3) is 0.179. The minimum Gasteiger partial charge on any atom is -0.497 e. The van der Waals surface area contributed by atoms with Gasteiger partial charge in [-0.25, -0.2) is 17.7 Å². The molecule has 1 aliphatic rings. The lowest BCUT2D eigenvalue weighted by molar-refractivity contribution is 0.402. The number of ether oxygens (including phenoxy) is 2. The fourth-order valence-corrected chi connectivity index (χ4v) is 4.75. The van der Waals surface area contributed by atoms with Crippen molar-refractivity contribution in [1.29, 1.82) is 0 Å². The van der Waals surface area contributed by atoms with Gasteiger partial charge in [-0.1, -0.05) is 72.8 Å². The van der Waals surface area contributed by atoms with E-state index in [4.69, 9.17) is 14.5 Å². The first kappa shape index (κ1) is 24.3. The van der Waals surface area contributed by atoms with Gasteiger partial charge in [-0.2, -0.15) is 0 Å². The molecule has 1 heterocycles. The monoisotopic (exact) mass is 488 g/mol. The third kappa shape index (κ3) is 5.46. The third-order valence-corrected chi connectivity index (χ3v) is 6.82. The summed E-state index contributed by atoms with van der Waals surface area (Å²) < 4.78 is 38.7. The molecular formula is C28H28N2O4S. The summed E-state index contributed by atoms with van der Waals surface area (Å²) in [5.41, 5.74) is 5.02. The highest BCUT2D eigenvalue weighted by Crippen LogP contribution is 2.36. The molecule has 0 fully saturated rings. The van der Waals surface area contributed by atoms with Gasteiger partial charge in [0.15, 0.2) is 0 Å². The topological polar surface area (TPSA) is 68.2 Å². The molecule has 0 amide bonds. The molecule has 0 N–H and O–H groups in total. The van der Waals surface area contributed by atoms with Crippen LogP contribution in [0, 0.1) is 0 Å². The molecule has 0 bridgehead atoms. The molecule has 3 aromatic rings. The van der Waals surface area contributed by atoms with Gasteiger partial charge in [0.2, 0.25) is 10.0 Å². The highest BCUT2D eigenvalue weighted by Gasteiger charge is 2.29. The molecule has 7 heteroatoms. The predicted octanol–water partition coefficient (Wildman–Crippen LogP) is 5.71. The maximum Gasteiger partial charge on any atom is 0.312 e. The van der Waals surface area contributed by atoms with Gasteiger partial charge in [0, 0.05) is 16.7 Å². The third-order valence-electron chi connectivity index (χ3n) is 5.73. The lowest BCUT2D eigenvalue weighted by Gasteiger charge is -2.24. The van der Waals surface area contributed by atoms with E-state index in [0.29, 0.717) is 17.2 Å². The lowest BCUT2D eigenvalue weighted by atomic mass is 9.94. The van der Waals surface area contributed by atoms with Crippen molar-refractivity contribution >= 4 is 27.4 Å². The molecule has 35 heavy (non-hydrogen) atoms. The van der Waals surface area contributed by atoms with Crippen LogP contribution in [-0.4, -0.2) is 32.1 Å². The van der Waals surface area contributed by atoms with Gasteiger partial charge in [0.25, 0.3) is 0 Å². The Kier molecular flexibility index (Phi) is 7.07. The second-order valence-electron chi connectivity index (χ2n) is 8.26. The smallest absolute Gasteiger partial charge is 0.312 e. The highest BCUT2D eigenvalue weighted by atomic mass is 32.2. The summed E-state index contributed by atoms with van der Waals surface area (Å²) in [6, 6.07) is 26.8.